The van der Waals surface area contributed by atoms with Crippen LogP contribution in [0.5, 0.6) is 0 Å². The molecular formula is C12H22N2O2. The van der Waals surface area contributed by atoms with Crippen LogP contribution >= 0.6 is 0 Å². The summed E-state index contributed by atoms with van der Waals surface area (Å²) < 4.78 is 5.36. The van der Waals surface area contributed by atoms with E-state index < -0.39 is 0 Å². The number of likely N-dealkylation sites (N-methyl/N-ethyl adjacent to an activating group) is 1. The number of ether oxygens (including phenoxy) is 1. The molecular weight excluding hydrogens is 204 g/mol. The first kappa shape index (κ1) is 11.9. The number of hydrogen-bond acceptors (Lipinski definition) is 3. The molecule has 1 aliphatic carbocycles. The monoisotopic (exact) mass is 226 g/mol. The number of rotatable bonds is 4. The van der Waals surface area contributed by atoms with E-state index in [2.05, 4.69) is 0 Å². The van der Waals surface area contributed by atoms with E-state index in [1.54, 1.807) is 0 Å². The Morgan fingerprint density at radius 3 is 2.75 bits per heavy atom. The molecule has 92 valence electrons. The third-order valence-electron chi connectivity index (χ3n) is 3.76. The number of nitrogens with zero attached hydrogens (tertiary/aromatic N) is 1. The minimum absolute atomic E-state index is 0.0616. The summed E-state index contributed by atoms with van der Waals surface area (Å²) in [5.41, 5.74) is 5.76. The fraction of sp³-hybridized carbons (Fsp3) is 0.917. The van der Waals surface area contributed by atoms with Gasteiger partial charge in [0.15, 0.2) is 0 Å². The standard InChI is InChI=1S/C12H22N2O2/c1-14(11(7-13)9-4-5-9)12(15)10-3-2-6-16-8-10/h9-11H,2-8,13H2,1H3. The average molecular weight is 226 g/mol. The maximum atomic E-state index is 12.2. The van der Waals surface area contributed by atoms with Crippen LogP contribution in [0, 0.1) is 11.8 Å². The third kappa shape index (κ3) is 2.55. The summed E-state index contributed by atoms with van der Waals surface area (Å²) in [5, 5.41) is 0. The van der Waals surface area contributed by atoms with Gasteiger partial charge in [0.2, 0.25) is 5.91 Å². The van der Waals surface area contributed by atoms with Crippen molar-refractivity contribution in [2.45, 2.75) is 31.7 Å². The Bertz CT molecular complexity index is 247. The second kappa shape index (κ2) is 5.15. The van der Waals surface area contributed by atoms with Gasteiger partial charge in [-0.3, -0.25) is 4.79 Å². The van der Waals surface area contributed by atoms with E-state index in [1.807, 2.05) is 11.9 Å². The lowest BCUT2D eigenvalue weighted by Gasteiger charge is -2.32. The first-order valence-corrected chi connectivity index (χ1v) is 6.28. The maximum absolute atomic E-state index is 12.2. The molecule has 16 heavy (non-hydrogen) atoms. The van der Waals surface area contributed by atoms with Gasteiger partial charge >= 0.3 is 0 Å². The van der Waals surface area contributed by atoms with Gasteiger partial charge in [0.05, 0.1) is 12.5 Å². The van der Waals surface area contributed by atoms with Crippen molar-refractivity contribution in [3.63, 3.8) is 0 Å². The SMILES string of the molecule is CN(C(=O)C1CCCOC1)C(CN)C1CC1. The van der Waals surface area contributed by atoms with Crippen LogP contribution in [0.4, 0.5) is 0 Å². The fourth-order valence-electron chi connectivity index (χ4n) is 2.53. The lowest BCUT2D eigenvalue weighted by molar-refractivity contribution is -0.140. The summed E-state index contributed by atoms with van der Waals surface area (Å²) in [5.74, 6) is 0.928. The van der Waals surface area contributed by atoms with E-state index in [-0.39, 0.29) is 17.9 Å². The predicted octanol–water partition coefficient (Wildman–Crippen LogP) is 0.609. The molecule has 0 spiro atoms. The third-order valence-corrected chi connectivity index (χ3v) is 3.76. The minimum Gasteiger partial charge on any atom is -0.381 e. The highest BCUT2D eigenvalue weighted by Crippen LogP contribution is 2.35. The number of hydrogen-bond donors (Lipinski definition) is 1. The van der Waals surface area contributed by atoms with Gasteiger partial charge in [-0.2, -0.15) is 0 Å². The molecule has 1 heterocycles. The topological polar surface area (TPSA) is 55.6 Å². The zero-order valence-electron chi connectivity index (χ0n) is 10.0. The highest BCUT2D eigenvalue weighted by atomic mass is 16.5. The number of nitrogens with two attached hydrogens (primary N) is 1. The van der Waals surface area contributed by atoms with Gasteiger partial charge in [-0.25, -0.2) is 0 Å². The molecule has 2 rings (SSSR count). The average Bonchev–Trinajstić information content (AvgIpc) is 3.14. The molecule has 4 nitrogen and oxygen atoms in total. The van der Waals surface area contributed by atoms with Gasteiger partial charge in [0, 0.05) is 26.2 Å². The highest BCUT2D eigenvalue weighted by molar-refractivity contribution is 5.79. The Balaban J connectivity index is 1.91. The van der Waals surface area contributed by atoms with Crippen LogP contribution in [-0.2, 0) is 9.53 Å². The molecule has 1 aliphatic heterocycles. The van der Waals surface area contributed by atoms with Crippen LogP contribution in [0.2, 0.25) is 0 Å². The van der Waals surface area contributed by atoms with Crippen LogP contribution < -0.4 is 5.73 Å². The Morgan fingerprint density at radius 2 is 2.25 bits per heavy atom. The Kier molecular flexibility index (Phi) is 3.82. The van der Waals surface area contributed by atoms with Gasteiger partial charge in [-0.05, 0) is 31.6 Å². The van der Waals surface area contributed by atoms with Crippen molar-refractivity contribution in [3.8, 4) is 0 Å². The summed E-state index contributed by atoms with van der Waals surface area (Å²) in [4.78, 5) is 14.1. The summed E-state index contributed by atoms with van der Waals surface area (Å²) >= 11 is 0. The van der Waals surface area contributed by atoms with Gasteiger partial charge < -0.3 is 15.4 Å². The van der Waals surface area contributed by atoms with Crippen molar-refractivity contribution < 1.29 is 9.53 Å². The lowest BCUT2D eigenvalue weighted by Crippen LogP contribution is -2.47. The zero-order chi connectivity index (χ0) is 11.5. The molecule has 1 amide bonds. The molecule has 2 aliphatic rings. The molecule has 2 unspecified atom stereocenters. The van der Waals surface area contributed by atoms with E-state index in [4.69, 9.17) is 10.5 Å². The molecule has 0 radical (unpaired) electrons. The maximum Gasteiger partial charge on any atom is 0.228 e. The number of carbonyl (C=O) groups is 1. The summed E-state index contributed by atoms with van der Waals surface area (Å²) in [6.07, 6.45) is 4.41. The molecule has 1 saturated heterocycles. The molecule has 2 atom stereocenters. The van der Waals surface area contributed by atoms with E-state index in [1.165, 1.54) is 12.8 Å². The van der Waals surface area contributed by atoms with Crippen LogP contribution in [0.3, 0.4) is 0 Å². The van der Waals surface area contributed by atoms with Crippen LogP contribution in [0.1, 0.15) is 25.7 Å². The molecule has 0 bridgehead atoms. The van der Waals surface area contributed by atoms with Crippen LogP contribution in [-0.4, -0.2) is 43.7 Å². The highest BCUT2D eigenvalue weighted by Gasteiger charge is 2.36. The second-order valence-electron chi connectivity index (χ2n) is 5.00. The van der Waals surface area contributed by atoms with Crippen molar-refractivity contribution in [1.82, 2.24) is 4.90 Å². The smallest absolute Gasteiger partial charge is 0.228 e. The molecule has 1 saturated carbocycles. The van der Waals surface area contributed by atoms with E-state index in [9.17, 15) is 4.79 Å². The molecule has 4 heteroatoms. The van der Waals surface area contributed by atoms with E-state index in [0.717, 1.165) is 19.4 Å². The summed E-state index contributed by atoms with van der Waals surface area (Å²) in [6, 6.07) is 0.245. The second-order valence-corrected chi connectivity index (χ2v) is 5.00. The number of carbonyl (C=O) groups excluding carboxylic acids is 1. The van der Waals surface area contributed by atoms with Crippen LogP contribution in [0.25, 0.3) is 0 Å². The van der Waals surface area contributed by atoms with Gasteiger partial charge in [0.25, 0.3) is 0 Å². The predicted molar refractivity (Wildman–Crippen MR) is 61.9 cm³/mol. The lowest BCUT2D eigenvalue weighted by atomic mass is 9.99. The van der Waals surface area contributed by atoms with Gasteiger partial charge in [-0.15, -0.1) is 0 Å². The van der Waals surface area contributed by atoms with Gasteiger partial charge in [-0.1, -0.05) is 0 Å². The summed E-state index contributed by atoms with van der Waals surface area (Å²) in [6.45, 7) is 1.97. The van der Waals surface area contributed by atoms with Crippen molar-refractivity contribution in [2.75, 3.05) is 26.8 Å². The van der Waals surface area contributed by atoms with Crippen molar-refractivity contribution in [3.05, 3.63) is 0 Å². The molecule has 2 N–H and O–H groups in total. The van der Waals surface area contributed by atoms with Gasteiger partial charge in [0.1, 0.15) is 0 Å². The minimum atomic E-state index is 0.0616. The van der Waals surface area contributed by atoms with Crippen molar-refractivity contribution in [1.29, 1.82) is 0 Å². The first-order chi connectivity index (χ1) is 7.74. The molecule has 0 aromatic carbocycles. The quantitative estimate of drug-likeness (QED) is 0.764. The van der Waals surface area contributed by atoms with Crippen molar-refractivity contribution >= 4 is 5.91 Å². The van der Waals surface area contributed by atoms with Crippen LogP contribution in [0.15, 0.2) is 0 Å². The van der Waals surface area contributed by atoms with Crippen molar-refractivity contribution in [2.24, 2.45) is 17.6 Å². The molecule has 0 aromatic rings. The Labute approximate surface area is 97.1 Å². The largest absolute Gasteiger partial charge is 0.381 e. The fourth-order valence-corrected chi connectivity index (χ4v) is 2.53. The van der Waals surface area contributed by atoms with E-state index in [0.29, 0.717) is 19.1 Å². The Hall–Kier alpha value is -0.610. The zero-order valence-corrected chi connectivity index (χ0v) is 10.0. The summed E-state index contributed by atoms with van der Waals surface area (Å²) in [7, 11) is 1.90. The number of amides is 1. The Morgan fingerprint density at radius 1 is 1.50 bits per heavy atom. The molecule has 2 fully saturated rings. The van der Waals surface area contributed by atoms with E-state index >= 15 is 0 Å². The normalized spacial score (nSPS) is 27.5. The first-order valence-electron chi connectivity index (χ1n) is 6.28. The molecule has 0 aromatic heterocycles.